The number of aromatic nitrogens is 1. The summed E-state index contributed by atoms with van der Waals surface area (Å²) in [5.74, 6) is -0.641. The second kappa shape index (κ2) is 7.64. The van der Waals surface area contributed by atoms with Crippen molar-refractivity contribution in [2.75, 3.05) is 6.61 Å². The van der Waals surface area contributed by atoms with Crippen LogP contribution >= 0.6 is 15.9 Å². The summed E-state index contributed by atoms with van der Waals surface area (Å²) in [5.41, 5.74) is 1.02. The van der Waals surface area contributed by atoms with E-state index in [-0.39, 0.29) is 17.9 Å². The SMILES string of the molecule is CCOC(=O)c1cc([N+](=O)[O-])cnc1C=Cc1cccc(Br)c1. The van der Waals surface area contributed by atoms with Gasteiger partial charge in [0.1, 0.15) is 6.20 Å². The lowest BCUT2D eigenvalue weighted by atomic mass is 10.1. The Hall–Kier alpha value is -2.54. The highest BCUT2D eigenvalue weighted by Gasteiger charge is 2.17. The lowest BCUT2D eigenvalue weighted by Crippen LogP contribution is -2.08. The van der Waals surface area contributed by atoms with Gasteiger partial charge in [0.15, 0.2) is 0 Å². The number of benzene rings is 1. The van der Waals surface area contributed by atoms with Crippen LogP contribution in [-0.4, -0.2) is 22.5 Å². The first-order chi connectivity index (χ1) is 11.0. The fourth-order valence-electron chi connectivity index (χ4n) is 1.85. The van der Waals surface area contributed by atoms with Crippen LogP contribution in [0.1, 0.15) is 28.5 Å². The maximum Gasteiger partial charge on any atom is 0.340 e. The third kappa shape index (κ3) is 4.46. The van der Waals surface area contributed by atoms with Gasteiger partial charge in [-0.1, -0.05) is 34.1 Å². The average Bonchev–Trinajstić information content (AvgIpc) is 2.53. The second-order valence-electron chi connectivity index (χ2n) is 4.49. The molecule has 0 bridgehead atoms. The minimum absolute atomic E-state index is 0.0623. The van der Waals surface area contributed by atoms with Gasteiger partial charge in [-0.05, 0) is 30.7 Å². The molecule has 0 aliphatic heterocycles. The molecule has 0 fully saturated rings. The van der Waals surface area contributed by atoms with Crippen LogP contribution in [0.4, 0.5) is 5.69 Å². The second-order valence-corrected chi connectivity index (χ2v) is 5.41. The molecule has 0 amide bonds. The molecule has 2 aromatic rings. The van der Waals surface area contributed by atoms with E-state index in [1.165, 1.54) is 6.07 Å². The predicted molar refractivity (Wildman–Crippen MR) is 89.9 cm³/mol. The zero-order valence-corrected chi connectivity index (χ0v) is 13.8. The number of hydrogen-bond donors (Lipinski definition) is 0. The van der Waals surface area contributed by atoms with Crippen LogP contribution in [0.25, 0.3) is 12.2 Å². The molecule has 0 unspecified atom stereocenters. The van der Waals surface area contributed by atoms with Gasteiger partial charge in [0, 0.05) is 10.5 Å². The Bertz CT molecular complexity index is 774. The summed E-state index contributed by atoms with van der Waals surface area (Å²) < 4.78 is 5.85. The molecule has 7 heteroatoms. The highest BCUT2D eigenvalue weighted by Crippen LogP contribution is 2.19. The highest BCUT2D eigenvalue weighted by atomic mass is 79.9. The number of rotatable bonds is 5. The summed E-state index contributed by atoms with van der Waals surface area (Å²) in [7, 11) is 0. The zero-order chi connectivity index (χ0) is 16.8. The predicted octanol–water partition coefficient (Wildman–Crippen LogP) is 4.10. The largest absolute Gasteiger partial charge is 0.462 e. The lowest BCUT2D eigenvalue weighted by Gasteiger charge is -2.05. The molecule has 0 radical (unpaired) electrons. The lowest BCUT2D eigenvalue weighted by molar-refractivity contribution is -0.385. The van der Waals surface area contributed by atoms with E-state index >= 15 is 0 Å². The van der Waals surface area contributed by atoms with E-state index in [1.54, 1.807) is 19.1 Å². The minimum atomic E-state index is -0.641. The molecule has 0 aliphatic rings. The monoisotopic (exact) mass is 376 g/mol. The van der Waals surface area contributed by atoms with Gasteiger partial charge in [-0.2, -0.15) is 0 Å². The van der Waals surface area contributed by atoms with Gasteiger partial charge in [0.05, 0.1) is 22.8 Å². The molecule has 1 aromatic heterocycles. The van der Waals surface area contributed by atoms with Crippen LogP contribution in [-0.2, 0) is 4.74 Å². The first-order valence-electron chi connectivity index (χ1n) is 6.76. The van der Waals surface area contributed by atoms with Crippen molar-refractivity contribution in [2.24, 2.45) is 0 Å². The number of hydrogen-bond acceptors (Lipinski definition) is 5. The molecular formula is C16H13BrN2O4. The average molecular weight is 377 g/mol. The van der Waals surface area contributed by atoms with Crippen molar-refractivity contribution in [3.8, 4) is 0 Å². The molecule has 2 rings (SSSR count). The molecule has 1 heterocycles. The van der Waals surface area contributed by atoms with E-state index in [9.17, 15) is 14.9 Å². The van der Waals surface area contributed by atoms with Gasteiger partial charge in [-0.3, -0.25) is 10.1 Å². The van der Waals surface area contributed by atoms with Crippen molar-refractivity contribution in [1.29, 1.82) is 0 Å². The summed E-state index contributed by atoms with van der Waals surface area (Å²) in [5, 5.41) is 10.9. The van der Waals surface area contributed by atoms with Gasteiger partial charge in [-0.15, -0.1) is 0 Å². The van der Waals surface area contributed by atoms with Gasteiger partial charge in [0.2, 0.25) is 0 Å². The topological polar surface area (TPSA) is 82.3 Å². The van der Waals surface area contributed by atoms with Gasteiger partial charge >= 0.3 is 5.97 Å². The Morgan fingerprint density at radius 3 is 2.83 bits per heavy atom. The summed E-state index contributed by atoms with van der Waals surface area (Å²) in [6.07, 6.45) is 4.50. The number of esters is 1. The Labute approximate surface area is 141 Å². The molecule has 0 aliphatic carbocycles. The standard InChI is InChI=1S/C16H13BrN2O4/c1-2-23-16(20)14-9-13(19(21)22)10-18-15(14)7-6-11-4-3-5-12(17)8-11/h3-10H,2H2,1H3. The number of nitro groups is 1. The number of halogens is 1. The van der Waals surface area contributed by atoms with Crippen molar-refractivity contribution in [3.05, 3.63) is 67.9 Å². The van der Waals surface area contributed by atoms with Crippen molar-refractivity contribution in [3.63, 3.8) is 0 Å². The molecule has 0 N–H and O–H groups in total. The molecular weight excluding hydrogens is 364 g/mol. The van der Waals surface area contributed by atoms with E-state index in [2.05, 4.69) is 20.9 Å². The van der Waals surface area contributed by atoms with Gasteiger partial charge in [-0.25, -0.2) is 9.78 Å². The number of pyridine rings is 1. The van der Waals surface area contributed by atoms with Crippen molar-refractivity contribution >= 4 is 39.7 Å². The zero-order valence-electron chi connectivity index (χ0n) is 12.2. The van der Waals surface area contributed by atoms with E-state index in [1.807, 2.05) is 24.3 Å². The van der Waals surface area contributed by atoms with Gasteiger partial charge < -0.3 is 4.74 Å². The van der Waals surface area contributed by atoms with Crippen molar-refractivity contribution in [1.82, 2.24) is 4.98 Å². The Balaban J connectivity index is 2.40. The minimum Gasteiger partial charge on any atom is -0.462 e. The van der Waals surface area contributed by atoms with Crippen LogP contribution in [0, 0.1) is 10.1 Å². The summed E-state index contributed by atoms with van der Waals surface area (Å²) in [6.45, 7) is 1.84. The Morgan fingerprint density at radius 2 is 2.17 bits per heavy atom. The summed E-state index contributed by atoms with van der Waals surface area (Å²) in [6, 6.07) is 8.72. The quantitative estimate of drug-likeness (QED) is 0.445. The molecule has 0 spiro atoms. The smallest absolute Gasteiger partial charge is 0.340 e. The molecule has 6 nitrogen and oxygen atoms in total. The fraction of sp³-hybridized carbons (Fsp3) is 0.125. The summed E-state index contributed by atoms with van der Waals surface area (Å²) in [4.78, 5) is 26.2. The molecule has 1 aromatic carbocycles. The normalized spacial score (nSPS) is 10.7. The molecule has 0 atom stereocenters. The Kier molecular flexibility index (Phi) is 5.59. The van der Waals surface area contributed by atoms with Crippen LogP contribution in [0.3, 0.4) is 0 Å². The summed E-state index contributed by atoms with van der Waals surface area (Å²) >= 11 is 3.37. The third-order valence-corrected chi connectivity index (χ3v) is 3.39. The molecule has 0 saturated carbocycles. The van der Waals surface area contributed by atoms with E-state index in [0.29, 0.717) is 5.69 Å². The van der Waals surface area contributed by atoms with E-state index < -0.39 is 10.9 Å². The van der Waals surface area contributed by atoms with E-state index in [0.717, 1.165) is 16.2 Å². The highest BCUT2D eigenvalue weighted by molar-refractivity contribution is 9.10. The first-order valence-corrected chi connectivity index (χ1v) is 7.55. The fourth-order valence-corrected chi connectivity index (χ4v) is 2.27. The van der Waals surface area contributed by atoms with E-state index in [4.69, 9.17) is 4.74 Å². The molecule has 118 valence electrons. The maximum absolute atomic E-state index is 12.0. The van der Waals surface area contributed by atoms with Gasteiger partial charge in [0.25, 0.3) is 5.69 Å². The molecule has 0 saturated heterocycles. The Morgan fingerprint density at radius 1 is 1.39 bits per heavy atom. The van der Waals surface area contributed by atoms with Crippen LogP contribution in [0.15, 0.2) is 41.0 Å². The first kappa shape index (κ1) is 16.8. The number of carbonyl (C=O) groups excluding carboxylic acids is 1. The maximum atomic E-state index is 12.0. The van der Waals surface area contributed by atoms with Crippen molar-refractivity contribution < 1.29 is 14.5 Å². The number of ether oxygens (including phenoxy) is 1. The number of nitrogens with zero attached hydrogens (tertiary/aromatic N) is 2. The van der Waals surface area contributed by atoms with Crippen LogP contribution in [0.2, 0.25) is 0 Å². The van der Waals surface area contributed by atoms with Crippen LogP contribution < -0.4 is 0 Å². The van der Waals surface area contributed by atoms with Crippen molar-refractivity contribution in [2.45, 2.75) is 6.92 Å². The third-order valence-electron chi connectivity index (χ3n) is 2.89. The number of carbonyl (C=O) groups is 1. The van der Waals surface area contributed by atoms with Crippen LogP contribution in [0.5, 0.6) is 0 Å². The molecule has 23 heavy (non-hydrogen) atoms.